The Labute approximate surface area is 119 Å². The van der Waals surface area contributed by atoms with Crippen molar-refractivity contribution < 1.29 is 14.7 Å². The molecule has 20 heavy (non-hydrogen) atoms. The molecule has 0 atom stereocenters. The molecule has 2 N–H and O–H groups in total. The van der Waals surface area contributed by atoms with Gasteiger partial charge in [-0.1, -0.05) is 0 Å². The monoisotopic (exact) mass is 278 g/mol. The second kappa shape index (κ2) is 8.19. The highest BCUT2D eigenvalue weighted by Crippen LogP contribution is 2.14. The summed E-state index contributed by atoms with van der Waals surface area (Å²) in [7, 11) is 0. The van der Waals surface area contributed by atoms with Crippen LogP contribution in [0.4, 0.5) is 5.69 Å². The number of benzene rings is 1. The zero-order chi connectivity index (χ0) is 15.0. The minimum absolute atomic E-state index is 0.0706. The number of aliphatic carboxylic acids is 1. The maximum atomic E-state index is 11.8. The summed E-state index contributed by atoms with van der Waals surface area (Å²) in [5, 5.41) is 11.2. The quantitative estimate of drug-likeness (QED) is 0.715. The largest absolute Gasteiger partial charge is 0.481 e. The molecule has 5 heteroatoms. The number of anilines is 1. The molecule has 0 heterocycles. The molecule has 0 aliphatic heterocycles. The molecule has 0 bridgehead atoms. The fourth-order valence-corrected chi connectivity index (χ4v) is 1.96. The zero-order valence-electron chi connectivity index (χ0n) is 12.1. The van der Waals surface area contributed by atoms with Crippen LogP contribution in [0.1, 0.15) is 37.0 Å². The van der Waals surface area contributed by atoms with E-state index in [1.807, 2.05) is 12.1 Å². The minimum Gasteiger partial charge on any atom is -0.481 e. The van der Waals surface area contributed by atoms with E-state index >= 15 is 0 Å². The van der Waals surface area contributed by atoms with Crippen LogP contribution in [0.25, 0.3) is 0 Å². The van der Waals surface area contributed by atoms with Crippen molar-refractivity contribution in [2.45, 2.75) is 26.7 Å². The van der Waals surface area contributed by atoms with Gasteiger partial charge in [-0.3, -0.25) is 9.59 Å². The molecule has 0 saturated carbocycles. The first-order chi connectivity index (χ1) is 9.58. The molecule has 0 fully saturated rings. The van der Waals surface area contributed by atoms with Gasteiger partial charge in [0.15, 0.2) is 0 Å². The van der Waals surface area contributed by atoms with Crippen LogP contribution in [-0.2, 0) is 4.79 Å². The van der Waals surface area contributed by atoms with Gasteiger partial charge >= 0.3 is 5.97 Å². The molecule has 0 aromatic heterocycles. The van der Waals surface area contributed by atoms with Crippen molar-refractivity contribution in [1.29, 1.82) is 0 Å². The Morgan fingerprint density at radius 1 is 1.15 bits per heavy atom. The van der Waals surface area contributed by atoms with Gasteiger partial charge in [-0.25, -0.2) is 0 Å². The zero-order valence-corrected chi connectivity index (χ0v) is 12.1. The van der Waals surface area contributed by atoms with Crippen molar-refractivity contribution in [2.75, 3.05) is 24.5 Å². The number of nitrogens with zero attached hydrogens (tertiary/aromatic N) is 1. The van der Waals surface area contributed by atoms with Crippen molar-refractivity contribution in [2.24, 2.45) is 0 Å². The van der Waals surface area contributed by atoms with Crippen molar-refractivity contribution in [3.8, 4) is 0 Å². The second-order valence-electron chi connectivity index (χ2n) is 4.47. The van der Waals surface area contributed by atoms with Crippen LogP contribution >= 0.6 is 0 Å². The summed E-state index contributed by atoms with van der Waals surface area (Å²) < 4.78 is 0. The van der Waals surface area contributed by atoms with Crippen LogP contribution in [0.15, 0.2) is 24.3 Å². The molecular weight excluding hydrogens is 256 g/mol. The Morgan fingerprint density at radius 2 is 1.75 bits per heavy atom. The highest BCUT2D eigenvalue weighted by Gasteiger charge is 2.07. The first-order valence-corrected chi connectivity index (χ1v) is 6.93. The number of carbonyl (C=O) groups excluding carboxylic acids is 1. The predicted octanol–water partition coefficient (Wildman–Crippen LogP) is 2.13. The Morgan fingerprint density at radius 3 is 2.25 bits per heavy atom. The Bertz CT molecular complexity index is 439. The van der Waals surface area contributed by atoms with Crippen molar-refractivity contribution in [1.82, 2.24) is 5.32 Å². The summed E-state index contributed by atoms with van der Waals surface area (Å²) in [5.41, 5.74) is 1.69. The summed E-state index contributed by atoms with van der Waals surface area (Å²) in [6.45, 7) is 6.41. The van der Waals surface area contributed by atoms with Gasteiger partial charge in [0.05, 0.1) is 0 Å². The highest BCUT2D eigenvalue weighted by molar-refractivity contribution is 5.94. The molecular formula is C15H22N2O3. The molecule has 0 saturated heterocycles. The van der Waals surface area contributed by atoms with Gasteiger partial charge in [-0.05, 0) is 44.5 Å². The number of hydrogen-bond donors (Lipinski definition) is 2. The van der Waals surface area contributed by atoms with Gasteiger partial charge in [-0.2, -0.15) is 0 Å². The predicted molar refractivity (Wildman–Crippen MR) is 79.2 cm³/mol. The van der Waals surface area contributed by atoms with E-state index in [1.165, 1.54) is 0 Å². The molecule has 0 aliphatic carbocycles. The maximum absolute atomic E-state index is 11.8. The Hall–Kier alpha value is -2.04. The molecule has 1 rings (SSSR count). The Kier molecular flexibility index (Phi) is 6.56. The van der Waals surface area contributed by atoms with E-state index in [9.17, 15) is 9.59 Å². The summed E-state index contributed by atoms with van der Waals surface area (Å²) in [6.07, 6.45) is 0.514. The van der Waals surface area contributed by atoms with E-state index in [0.717, 1.165) is 18.8 Å². The third-order valence-electron chi connectivity index (χ3n) is 3.11. The fraction of sp³-hybridized carbons (Fsp3) is 0.467. The number of amides is 1. The van der Waals surface area contributed by atoms with E-state index < -0.39 is 5.97 Å². The lowest BCUT2D eigenvalue weighted by atomic mass is 10.1. The van der Waals surface area contributed by atoms with Gasteiger partial charge in [0.25, 0.3) is 5.91 Å². The van der Waals surface area contributed by atoms with E-state index in [2.05, 4.69) is 24.1 Å². The number of nitrogens with one attached hydrogen (secondary N) is 1. The lowest BCUT2D eigenvalue weighted by molar-refractivity contribution is -0.137. The first-order valence-electron chi connectivity index (χ1n) is 6.93. The van der Waals surface area contributed by atoms with Crippen LogP contribution < -0.4 is 10.2 Å². The smallest absolute Gasteiger partial charge is 0.303 e. The number of carboxylic acids is 1. The lowest BCUT2D eigenvalue weighted by Crippen LogP contribution is -2.25. The summed E-state index contributed by atoms with van der Waals surface area (Å²) in [5.74, 6) is -1.01. The molecule has 5 nitrogen and oxygen atoms in total. The van der Waals surface area contributed by atoms with Gasteiger partial charge in [-0.15, -0.1) is 0 Å². The molecule has 0 aliphatic rings. The molecule has 0 spiro atoms. The van der Waals surface area contributed by atoms with E-state index in [4.69, 9.17) is 5.11 Å². The SMILES string of the molecule is CCN(CC)c1ccc(C(=O)NCCCC(=O)O)cc1. The van der Waals surface area contributed by atoms with Gasteiger partial charge in [0, 0.05) is 37.3 Å². The van der Waals surface area contributed by atoms with Crippen LogP contribution in [0.5, 0.6) is 0 Å². The average molecular weight is 278 g/mol. The van der Waals surface area contributed by atoms with Gasteiger partial charge in [0.1, 0.15) is 0 Å². The van der Waals surface area contributed by atoms with Crippen LogP contribution in [0, 0.1) is 0 Å². The topological polar surface area (TPSA) is 69.6 Å². The van der Waals surface area contributed by atoms with E-state index in [0.29, 0.717) is 18.5 Å². The fourth-order valence-electron chi connectivity index (χ4n) is 1.96. The van der Waals surface area contributed by atoms with Crippen LogP contribution in [0.3, 0.4) is 0 Å². The van der Waals surface area contributed by atoms with E-state index in [-0.39, 0.29) is 12.3 Å². The molecule has 1 amide bonds. The van der Waals surface area contributed by atoms with Gasteiger partial charge in [0.2, 0.25) is 0 Å². The second-order valence-corrected chi connectivity index (χ2v) is 4.47. The summed E-state index contributed by atoms with van der Waals surface area (Å²) in [4.78, 5) is 24.4. The first kappa shape index (κ1) is 16.0. The molecule has 1 aromatic rings. The molecule has 0 unspecified atom stereocenters. The molecule has 110 valence electrons. The minimum atomic E-state index is -0.845. The molecule has 1 aromatic carbocycles. The maximum Gasteiger partial charge on any atom is 0.303 e. The summed E-state index contributed by atoms with van der Waals surface area (Å²) in [6, 6.07) is 7.44. The standard InChI is InChI=1S/C15H22N2O3/c1-3-17(4-2)13-9-7-12(8-10-13)15(20)16-11-5-6-14(18)19/h7-10H,3-6,11H2,1-2H3,(H,16,20)(H,18,19). The average Bonchev–Trinajstić information content (AvgIpc) is 2.45. The number of hydrogen-bond acceptors (Lipinski definition) is 3. The van der Waals surface area contributed by atoms with Gasteiger partial charge < -0.3 is 15.3 Å². The third-order valence-corrected chi connectivity index (χ3v) is 3.11. The van der Waals surface area contributed by atoms with Crippen molar-refractivity contribution >= 4 is 17.6 Å². The third kappa shape index (κ3) is 4.91. The van der Waals surface area contributed by atoms with Crippen molar-refractivity contribution in [3.63, 3.8) is 0 Å². The van der Waals surface area contributed by atoms with Crippen LogP contribution in [-0.4, -0.2) is 36.6 Å². The molecule has 0 radical (unpaired) electrons. The van der Waals surface area contributed by atoms with Crippen LogP contribution in [0.2, 0.25) is 0 Å². The van der Waals surface area contributed by atoms with E-state index in [1.54, 1.807) is 12.1 Å². The Balaban J connectivity index is 2.51. The summed E-state index contributed by atoms with van der Waals surface area (Å²) >= 11 is 0. The number of carbonyl (C=O) groups is 2. The highest BCUT2D eigenvalue weighted by atomic mass is 16.4. The normalized spacial score (nSPS) is 10.1. The lowest BCUT2D eigenvalue weighted by Gasteiger charge is -2.21. The number of carboxylic acid groups (broad SMARTS) is 1. The number of rotatable bonds is 8. The van der Waals surface area contributed by atoms with Crippen molar-refractivity contribution in [3.05, 3.63) is 29.8 Å².